The minimum atomic E-state index is 0.518. The van der Waals surface area contributed by atoms with Crippen molar-refractivity contribution in [1.29, 1.82) is 0 Å². The molecule has 0 bridgehead atoms. The predicted octanol–water partition coefficient (Wildman–Crippen LogP) is 2.10. The van der Waals surface area contributed by atoms with Gasteiger partial charge in [0.15, 0.2) is 0 Å². The van der Waals surface area contributed by atoms with E-state index in [1.54, 1.807) is 6.20 Å². The van der Waals surface area contributed by atoms with Crippen molar-refractivity contribution in [3.63, 3.8) is 0 Å². The van der Waals surface area contributed by atoms with Crippen molar-refractivity contribution >= 4 is 17.7 Å². The average Bonchev–Trinajstić information content (AvgIpc) is 2.05. The monoisotopic (exact) mass is 182 g/mol. The van der Waals surface area contributed by atoms with Crippen molar-refractivity contribution in [2.75, 3.05) is 6.54 Å². The lowest BCUT2D eigenvalue weighted by Crippen LogP contribution is -1.94. The second-order valence-electron chi connectivity index (χ2n) is 2.39. The van der Waals surface area contributed by atoms with E-state index in [0.29, 0.717) is 11.7 Å². The molecule has 0 radical (unpaired) electrons. The van der Waals surface area contributed by atoms with Crippen LogP contribution in [0.1, 0.15) is 12.0 Å². The molecule has 0 amide bonds. The Bertz CT molecular complexity index is 271. The van der Waals surface area contributed by atoms with E-state index in [4.69, 9.17) is 17.3 Å². The first-order valence-electron chi connectivity index (χ1n) is 3.81. The predicted molar refractivity (Wildman–Crippen MR) is 52.0 cm³/mol. The lowest BCUT2D eigenvalue weighted by atomic mass is 10.2. The molecule has 0 saturated heterocycles. The SMILES string of the molecule is NCCC=Cc1ccnc(Cl)c1. The van der Waals surface area contributed by atoms with E-state index in [1.807, 2.05) is 24.3 Å². The molecule has 0 fully saturated rings. The van der Waals surface area contributed by atoms with Crippen LogP contribution < -0.4 is 5.73 Å². The topological polar surface area (TPSA) is 38.9 Å². The van der Waals surface area contributed by atoms with Crippen molar-refractivity contribution in [2.45, 2.75) is 6.42 Å². The smallest absolute Gasteiger partial charge is 0.129 e. The van der Waals surface area contributed by atoms with Crippen LogP contribution in [0.15, 0.2) is 24.4 Å². The molecule has 1 rings (SSSR count). The van der Waals surface area contributed by atoms with Gasteiger partial charge in [-0.25, -0.2) is 4.98 Å². The first kappa shape index (κ1) is 9.23. The van der Waals surface area contributed by atoms with Crippen LogP contribution in [0.5, 0.6) is 0 Å². The van der Waals surface area contributed by atoms with Crippen LogP contribution in [-0.2, 0) is 0 Å². The minimum absolute atomic E-state index is 0.518. The van der Waals surface area contributed by atoms with Gasteiger partial charge in [-0.15, -0.1) is 0 Å². The summed E-state index contributed by atoms with van der Waals surface area (Å²) >= 11 is 5.69. The van der Waals surface area contributed by atoms with E-state index < -0.39 is 0 Å². The number of halogens is 1. The molecule has 2 N–H and O–H groups in total. The molecule has 0 spiro atoms. The molecule has 0 aliphatic rings. The van der Waals surface area contributed by atoms with Gasteiger partial charge in [-0.2, -0.15) is 0 Å². The minimum Gasteiger partial charge on any atom is -0.330 e. The zero-order valence-corrected chi connectivity index (χ0v) is 7.46. The lowest BCUT2D eigenvalue weighted by Gasteiger charge is -1.92. The van der Waals surface area contributed by atoms with Crippen molar-refractivity contribution in [3.05, 3.63) is 35.1 Å². The number of pyridine rings is 1. The number of hydrogen-bond donors (Lipinski definition) is 1. The molecule has 1 heterocycles. The van der Waals surface area contributed by atoms with Gasteiger partial charge in [-0.05, 0) is 30.7 Å². The molecule has 64 valence electrons. The van der Waals surface area contributed by atoms with Gasteiger partial charge in [0.2, 0.25) is 0 Å². The van der Waals surface area contributed by atoms with E-state index >= 15 is 0 Å². The van der Waals surface area contributed by atoms with Crippen molar-refractivity contribution in [1.82, 2.24) is 4.98 Å². The highest BCUT2D eigenvalue weighted by molar-refractivity contribution is 6.29. The fourth-order valence-corrected chi connectivity index (χ4v) is 1.02. The van der Waals surface area contributed by atoms with Crippen molar-refractivity contribution < 1.29 is 0 Å². The molecule has 3 heteroatoms. The summed E-state index contributed by atoms with van der Waals surface area (Å²) in [5.41, 5.74) is 6.39. The summed E-state index contributed by atoms with van der Waals surface area (Å²) in [5, 5.41) is 0.518. The molecule has 12 heavy (non-hydrogen) atoms. The molecule has 0 aliphatic carbocycles. The Balaban J connectivity index is 2.63. The fraction of sp³-hybridized carbons (Fsp3) is 0.222. The molecule has 0 atom stereocenters. The number of aromatic nitrogens is 1. The molecule has 0 aliphatic heterocycles. The molecule has 0 saturated carbocycles. The standard InChI is InChI=1S/C9H11ClN2/c10-9-7-8(4-6-12-9)3-1-2-5-11/h1,3-4,6-7H,2,5,11H2. The van der Waals surface area contributed by atoms with Gasteiger partial charge < -0.3 is 5.73 Å². The summed E-state index contributed by atoms with van der Waals surface area (Å²) < 4.78 is 0. The molecule has 2 nitrogen and oxygen atoms in total. The van der Waals surface area contributed by atoms with Crippen LogP contribution in [0, 0.1) is 0 Å². The van der Waals surface area contributed by atoms with Gasteiger partial charge in [0.25, 0.3) is 0 Å². The maximum absolute atomic E-state index is 5.69. The Morgan fingerprint density at radius 3 is 3.08 bits per heavy atom. The van der Waals surface area contributed by atoms with Crippen LogP contribution in [0.2, 0.25) is 5.15 Å². The molecule has 1 aromatic heterocycles. The Morgan fingerprint density at radius 1 is 1.58 bits per heavy atom. The van der Waals surface area contributed by atoms with Crippen LogP contribution in [-0.4, -0.2) is 11.5 Å². The largest absolute Gasteiger partial charge is 0.330 e. The van der Waals surface area contributed by atoms with Crippen LogP contribution in [0.25, 0.3) is 6.08 Å². The maximum Gasteiger partial charge on any atom is 0.129 e. The van der Waals surface area contributed by atoms with Gasteiger partial charge in [0, 0.05) is 6.20 Å². The zero-order chi connectivity index (χ0) is 8.81. The van der Waals surface area contributed by atoms with Crippen LogP contribution >= 0.6 is 11.6 Å². The Kier molecular flexibility index (Phi) is 3.77. The van der Waals surface area contributed by atoms with E-state index in [2.05, 4.69) is 4.98 Å². The summed E-state index contributed by atoms with van der Waals surface area (Å²) in [6.45, 7) is 0.676. The third-order valence-corrected chi connectivity index (χ3v) is 1.60. The summed E-state index contributed by atoms with van der Waals surface area (Å²) in [4.78, 5) is 3.87. The molecular formula is C9H11ClN2. The van der Waals surface area contributed by atoms with Gasteiger partial charge in [0.05, 0.1) is 0 Å². The Morgan fingerprint density at radius 2 is 2.42 bits per heavy atom. The van der Waals surface area contributed by atoms with Crippen LogP contribution in [0.3, 0.4) is 0 Å². The van der Waals surface area contributed by atoms with E-state index in [9.17, 15) is 0 Å². The van der Waals surface area contributed by atoms with E-state index in [0.717, 1.165) is 12.0 Å². The quantitative estimate of drug-likeness (QED) is 0.728. The van der Waals surface area contributed by atoms with Crippen molar-refractivity contribution in [3.8, 4) is 0 Å². The molecule has 1 aromatic rings. The normalized spacial score (nSPS) is 10.8. The van der Waals surface area contributed by atoms with E-state index in [-0.39, 0.29) is 0 Å². The van der Waals surface area contributed by atoms with E-state index in [1.165, 1.54) is 0 Å². The fourth-order valence-electron chi connectivity index (χ4n) is 0.837. The second kappa shape index (κ2) is 4.91. The number of nitrogens with zero attached hydrogens (tertiary/aromatic N) is 1. The summed E-state index contributed by atoms with van der Waals surface area (Å²) in [6.07, 6.45) is 6.58. The highest BCUT2D eigenvalue weighted by Crippen LogP contribution is 2.08. The number of rotatable bonds is 3. The third kappa shape index (κ3) is 3.03. The highest BCUT2D eigenvalue weighted by atomic mass is 35.5. The maximum atomic E-state index is 5.69. The molecule has 0 aromatic carbocycles. The Labute approximate surface area is 77.1 Å². The van der Waals surface area contributed by atoms with Gasteiger partial charge in [0.1, 0.15) is 5.15 Å². The summed E-state index contributed by atoms with van der Waals surface area (Å²) in [7, 11) is 0. The average molecular weight is 183 g/mol. The number of nitrogens with two attached hydrogens (primary N) is 1. The first-order valence-corrected chi connectivity index (χ1v) is 4.19. The highest BCUT2D eigenvalue weighted by Gasteiger charge is 1.88. The lowest BCUT2D eigenvalue weighted by molar-refractivity contribution is 1.01. The molecular weight excluding hydrogens is 172 g/mol. The summed E-state index contributed by atoms with van der Waals surface area (Å²) in [6, 6.07) is 3.72. The summed E-state index contributed by atoms with van der Waals surface area (Å²) in [5.74, 6) is 0. The van der Waals surface area contributed by atoms with Gasteiger partial charge in [-0.1, -0.05) is 23.8 Å². The number of hydrogen-bond acceptors (Lipinski definition) is 2. The van der Waals surface area contributed by atoms with Gasteiger partial charge >= 0.3 is 0 Å². The Hall–Kier alpha value is -0.860. The third-order valence-electron chi connectivity index (χ3n) is 1.39. The van der Waals surface area contributed by atoms with Crippen LogP contribution in [0.4, 0.5) is 0 Å². The van der Waals surface area contributed by atoms with Gasteiger partial charge in [-0.3, -0.25) is 0 Å². The molecule has 0 unspecified atom stereocenters. The second-order valence-corrected chi connectivity index (χ2v) is 2.78. The first-order chi connectivity index (χ1) is 5.83. The van der Waals surface area contributed by atoms with Crippen molar-refractivity contribution in [2.24, 2.45) is 5.73 Å². The zero-order valence-electron chi connectivity index (χ0n) is 6.70.